The van der Waals surface area contributed by atoms with Crippen LogP contribution in [0.2, 0.25) is 0 Å². The van der Waals surface area contributed by atoms with E-state index in [0.717, 1.165) is 11.8 Å². The predicted molar refractivity (Wildman–Crippen MR) is 104 cm³/mol. The minimum atomic E-state index is 0.691. The van der Waals surface area contributed by atoms with Crippen molar-refractivity contribution in [1.29, 1.82) is 0 Å². The molecule has 0 nitrogen and oxygen atoms in total. The fraction of sp³-hybridized carbons (Fsp3) is 0.500. The van der Waals surface area contributed by atoms with E-state index in [1.165, 1.54) is 12.8 Å². The van der Waals surface area contributed by atoms with Crippen LogP contribution in [0.3, 0.4) is 0 Å². The largest absolute Gasteiger partial charge is 0.0651 e. The lowest BCUT2D eigenvalue weighted by atomic mass is 9.54. The van der Waals surface area contributed by atoms with Crippen molar-refractivity contribution in [3.63, 3.8) is 0 Å². The van der Waals surface area contributed by atoms with Crippen LogP contribution in [0, 0.1) is 23.7 Å². The van der Waals surface area contributed by atoms with Gasteiger partial charge in [0, 0.05) is 0 Å². The summed E-state index contributed by atoms with van der Waals surface area (Å²) in [5, 5.41) is 0. The van der Waals surface area contributed by atoms with Gasteiger partial charge in [-0.05, 0) is 46.6 Å². The van der Waals surface area contributed by atoms with Crippen LogP contribution in [0.5, 0.6) is 0 Å². The van der Waals surface area contributed by atoms with Crippen molar-refractivity contribution in [3.8, 4) is 0 Å². The number of benzene rings is 2. The van der Waals surface area contributed by atoms with E-state index in [1.54, 1.807) is 11.1 Å². The first-order valence-electron chi connectivity index (χ1n) is 9.78. The van der Waals surface area contributed by atoms with E-state index in [2.05, 4.69) is 88.4 Å². The van der Waals surface area contributed by atoms with Crippen LogP contribution >= 0.6 is 0 Å². The normalized spacial score (nSPS) is 33.3. The average Bonchev–Trinajstić information content (AvgIpc) is 2.64. The molecule has 0 spiro atoms. The molecule has 0 aliphatic heterocycles. The summed E-state index contributed by atoms with van der Waals surface area (Å²) in [5.74, 6) is 4.35. The van der Waals surface area contributed by atoms with Gasteiger partial charge in [0.1, 0.15) is 0 Å². The molecule has 1 saturated carbocycles. The molecular formula is C24H32. The van der Waals surface area contributed by atoms with Crippen molar-refractivity contribution in [2.75, 3.05) is 0 Å². The molecule has 4 unspecified atom stereocenters. The van der Waals surface area contributed by atoms with Crippen LogP contribution in [-0.2, 0) is 0 Å². The first-order chi connectivity index (χ1) is 11.7. The van der Waals surface area contributed by atoms with Gasteiger partial charge in [-0.2, -0.15) is 0 Å². The highest BCUT2D eigenvalue weighted by atomic mass is 14.5. The molecule has 0 radical (unpaired) electrons. The quantitative estimate of drug-likeness (QED) is 0.575. The molecule has 0 bridgehead atoms. The minimum absolute atomic E-state index is 0.691. The Bertz CT molecular complexity index is 558. The highest BCUT2D eigenvalue weighted by Crippen LogP contribution is 2.55. The van der Waals surface area contributed by atoms with Gasteiger partial charge in [0.2, 0.25) is 0 Å². The van der Waals surface area contributed by atoms with E-state index in [4.69, 9.17) is 0 Å². The van der Waals surface area contributed by atoms with Crippen molar-refractivity contribution >= 4 is 0 Å². The van der Waals surface area contributed by atoms with E-state index < -0.39 is 0 Å². The Morgan fingerprint density at radius 2 is 0.917 bits per heavy atom. The summed E-state index contributed by atoms with van der Waals surface area (Å²) in [5.41, 5.74) is 3.10. The van der Waals surface area contributed by atoms with Crippen molar-refractivity contribution in [2.24, 2.45) is 23.7 Å². The van der Waals surface area contributed by atoms with Crippen LogP contribution in [0.4, 0.5) is 0 Å². The molecule has 24 heavy (non-hydrogen) atoms. The summed E-state index contributed by atoms with van der Waals surface area (Å²) < 4.78 is 0. The maximum Gasteiger partial charge on any atom is -0.0102 e. The van der Waals surface area contributed by atoms with Crippen molar-refractivity contribution in [2.45, 2.75) is 52.4 Å². The summed E-state index contributed by atoms with van der Waals surface area (Å²) in [6.45, 7) is 9.78. The van der Waals surface area contributed by atoms with Gasteiger partial charge in [-0.3, -0.25) is 0 Å². The smallest absolute Gasteiger partial charge is 0.0102 e. The summed E-state index contributed by atoms with van der Waals surface area (Å²) in [7, 11) is 0. The zero-order valence-corrected chi connectivity index (χ0v) is 15.7. The molecule has 1 aliphatic carbocycles. The summed E-state index contributed by atoms with van der Waals surface area (Å²) >= 11 is 0. The van der Waals surface area contributed by atoms with E-state index in [1.807, 2.05) is 0 Å². The molecule has 0 heterocycles. The molecule has 6 atom stereocenters. The molecule has 0 aromatic heterocycles. The second-order valence-corrected chi connectivity index (χ2v) is 7.74. The Morgan fingerprint density at radius 1 is 0.583 bits per heavy atom. The molecule has 0 saturated heterocycles. The standard InChI is InChI=1S/C24H32/c1-5-21-22(6-2)24(20-15-11-8-12-16-20)18(4)17(3)23(21)19-13-9-7-10-14-19/h7-18,21-24H,5-6H2,1-4H3/t17?,18?,21-,22+,23?,24?. The van der Waals surface area contributed by atoms with Gasteiger partial charge in [-0.15, -0.1) is 0 Å². The minimum Gasteiger partial charge on any atom is -0.0651 e. The molecule has 0 amide bonds. The molecule has 1 aliphatic rings. The fourth-order valence-electron chi connectivity index (χ4n) is 5.53. The average molecular weight is 321 g/mol. The number of rotatable bonds is 4. The summed E-state index contributed by atoms with van der Waals surface area (Å²) in [6.07, 6.45) is 2.55. The van der Waals surface area contributed by atoms with Gasteiger partial charge >= 0.3 is 0 Å². The first kappa shape index (κ1) is 17.3. The Labute approximate surface area is 148 Å². The second-order valence-electron chi connectivity index (χ2n) is 7.74. The highest BCUT2D eigenvalue weighted by molar-refractivity contribution is 5.28. The monoisotopic (exact) mass is 320 g/mol. The third kappa shape index (κ3) is 3.04. The summed E-state index contributed by atoms with van der Waals surface area (Å²) in [6, 6.07) is 22.5. The lowest BCUT2D eigenvalue weighted by Crippen LogP contribution is -2.41. The number of hydrogen-bond donors (Lipinski definition) is 0. The maximum atomic E-state index is 2.49. The molecule has 1 fully saturated rings. The van der Waals surface area contributed by atoms with Crippen LogP contribution in [-0.4, -0.2) is 0 Å². The van der Waals surface area contributed by atoms with Gasteiger partial charge in [0.05, 0.1) is 0 Å². The van der Waals surface area contributed by atoms with E-state index in [0.29, 0.717) is 23.7 Å². The third-order valence-corrected chi connectivity index (χ3v) is 6.75. The lowest BCUT2D eigenvalue weighted by molar-refractivity contribution is 0.0658. The zero-order chi connectivity index (χ0) is 17.1. The Hall–Kier alpha value is -1.56. The van der Waals surface area contributed by atoms with Crippen molar-refractivity contribution in [3.05, 3.63) is 71.8 Å². The van der Waals surface area contributed by atoms with Crippen LogP contribution < -0.4 is 0 Å². The molecular weight excluding hydrogens is 288 g/mol. The van der Waals surface area contributed by atoms with Gasteiger partial charge in [0.15, 0.2) is 0 Å². The molecule has 0 heteroatoms. The Kier molecular flexibility index (Phi) is 5.43. The highest BCUT2D eigenvalue weighted by Gasteiger charge is 2.46. The van der Waals surface area contributed by atoms with Crippen LogP contribution in [0.15, 0.2) is 60.7 Å². The molecule has 2 aromatic carbocycles. The molecule has 128 valence electrons. The third-order valence-electron chi connectivity index (χ3n) is 6.75. The van der Waals surface area contributed by atoms with E-state index in [-0.39, 0.29) is 0 Å². The van der Waals surface area contributed by atoms with Gasteiger partial charge in [-0.25, -0.2) is 0 Å². The molecule has 2 aromatic rings. The fourth-order valence-corrected chi connectivity index (χ4v) is 5.53. The van der Waals surface area contributed by atoms with E-state index in [9.17, 15) is 0 Å². The first-order valence-corrected chi connectivity index (χ1v) is 9.78. The predicted octanol–water partition coefficient (Wildman–Crippen LogP) is 6.89. The Morgan fingerprint density at radius 3 is 1.21 bits per heavy atom. The van der Waals surface area contributed by atoms with Gasteiger partial charge in [0.25, 0.3) is 0 Å². The van der Waals surface area contributed by atoms with Crippen LogP contribution in [0.1, 0.15) is 63.5 Å². The second kappa shape index (κ2) is 7.55. The van der Waals surface area contributed by atoms with Crippen LogP contribution in [0.25, 0.3) is 0 Å². The van der Waals surface area contributed by atoms with E-state index >= 15 is 0 Å². The Balaban J connectivity index is 2.03. The number of hydrogen-bond acceptors (Lipinski definition) is 0. The van der Waals surface area contributed by atoms with Crippen molar-refractivity contribution < 1.29 is 0 Å². The topological polar surface area (TPSA) is 0 Å². The van der Waals surface area contributed by atoms with Crippen molar-refractivity contribution in [1.82, 2.24) is 0 Å². The maximum absolute atomic E-state index is 2.49. The van der Waals surface area contributed by atoms with Gasteiger partial charge in [-0.1, -0.05) is 101 Å². The lowest BCUT2D eigenvalue weighted by Gasteiger charge is -2.51. The SMILES string of the molecule is CC[C@@H]1C(c2ccccc2)C(C)C(C)C(c2ccccc2)[C@@H]1CC. The molecule has 3 rings (SSSR count). The zero-order valence-electron chi connectivity index (χ0n) is 15.7. The molecule has 0 N–H and O–H groups in total. The summed E-state index contributed by atoms with van der Waals surface area (Å²) in [4.78, 5) is 0. The van der Waals surface area contributed by atoms with Gasteiger partial charge < -0.3 is 0 Å².